The summed E-state index contributed by atoms with van der Waals surface area (Å²) in [5.41, 5.74) is -4.79. The maximum Gasteiger partial charge on any atom is 0.446 e. The van der Waals surface area contributed by atoms with Gasteiger partial charge in [0.15, 0.2) is 11.5 Å². The molecule has 148 valence electrons. The predicted octanol–water partition coefficient (Wildman–Crippen LogP) is 3.17. The second-order valence-corrected chi connectivity index (χ2v) is 6.64. The van der Waals surface area contributed by atoms with Crippen LogP contribution in [0.3, 0.4) is 0 Å². The lowest BCUT2D eigenvalue weighted by Crippen LogP contribution is -2.23. The summed E-state index contributed by atoms with van der Waals surface area (Å²) in [5.74, 6) is 0.788. The summed E-state index contributed by atoms with van der Waals surface area (Å²) in [6.07, 6.45) is 0. The van der Waals surface area contributed by atoms with Crippen LogP contribution < -0.4 is 15.2 Å². The molecule has 0 aliphatic heterocycles. The largest absolute Gasteiger partial charge is 0.493 e. The Bertz CT molecular complexity index is 1030. The summed E-state index contributed by atoms with van der Waals surface area (Å²) < 4.78 is 51.9. The number of hydrogen-bond donors (Lipinski definition) is 0. The number of rotatable bonds is 6. The molecule has 28 heavy (non-hydrogen) atoms. The fourth-order valence-corrected chi connectivity index (χ4v) is 3.15. The molecule has 2 aromatic carbocycles. The Balaban J connectivity index is 2.05. The van der Waals surface area contributed by atoms with Crippen molar-refractivity contribution in [2.75, 3.05) is 7.11 Å². The van der Waals surface area contributed by atoms with Crippen LogP contribution in [-0.2, 0) is 13.7 Å². The predicted molar refractivity (Wildman–Crippen MR) is 95.8 cm³/mol. The van der Waals surface area contributed by atoms with E-state index in [1.165, 1.54) is 32.4 Å². The summed E-state index contributed by atoms with van der Waals surface area (Å²) in [7, 11) is 2.85. The highest BCUT2D eigenvalue weighted by Gasteiger charge is 2.31. The van der Waals surface area contributed by atoms with E-state index in [-0.39, 0.29) is 34.5 Å². The molecular formula is C17H15F3N4O3S. The van der Waals surface area contributed by atoms with Crippen molar-refractivity contribution in [3.63, 3.8) is 0 Å². The second-order valence-electron chi connectivity index (χ2n) is 5.54. The van der Waals surface area contributed by atoms with Gasteiger partial charge < -0.3 is 9.47 Å². The highest BCUT2D eigenvalue weighted by Crippen LogP contribution is 2.40. The third-order valence-corrected chi connectivity index (χ3v) is 4.56. The zero-order chi connectivity index (χ0) is 20.3. The molecular weight excluding hydrogens is 397 g/mol. The Labute approximate surface area is 161 Å². The minimum absolute atomic E-state index is 0.0996. The van der Waals surface area contributed by atoms with E-state index in [0.29, 0.717) is 11.5 Å². The first-order valence-corrected chi connectivity index (χ1v) is 8.74. The molecule has 0 radical (unpaired) electrons. The molecule has 0 bridgehead atoms. The van der Waals surface area contributed by atoms with Gasteiger partial charge in [-0.1, -0.05) is 18.2 Å². The Kier molecular flexibility index (Phi) is 5.63. The molecule has 0 amide bonds. The molecule has 3 rings (SSSR count). The maximum absolute atomic E-state index is 13.0. The standard InChI is InChI=1S/C17H15F3N4O3S/c1-23-16(25)24(22-21-23)12-6-5-9-15(28-17(18,19)20)11(12)10-27-14-8-4-3-7-13(14)26-2/h3-9H,10H2,1-2H3. The van der Waals surface area contributed by atoms with Gasteiger partial charge in [0.25, 0.3) is 0 Å². The first-order chi connectivity index (χ1) is 13.3. The zero-order valence-corrected chi connectivity index (χ0v) is 15.6. The molecule has 0 atom stereocenters. The molecule has 0 unspecified atom stereocenters. The molecule has 0 saturated heterocycles. The topological polar surface area (TPSA) is 71.2 Å². The Morgan fingerprint density at radius 3 is 2.39 bits per heavy atom. The Hall–Kier alpha value is -2.95. The van der Waals surface area contributed by atoms with Gasteiger partial charge in [-0.25, -0.2) is 4.79 Å². The van der Waals surface area contributed by atoms with Gasteiger partial charge in [0, 0.05) is 17.5 Å². The zero-order valence-electron chi connectivity index (χ0n) is 14.8. The summed E-state index contributed by atoms with van der Waals surface area (Å²) in [4.78, 5) is 12.1. The molecule has 0 aliphatic rings. The number of aromatic nitrogens is 4. The molecule has 3 aromatic rings. The van der Waals surface area contributed by atoms with Crippen molar-refractivity contribution in [3.05, 3.63) is 58.5 Å². The second kappa shape index (κ2) is 7.97. The average Bonchev–Trinajstić information content (AvgIpc) is 2.98. The summed E-state index contributed by atoms with van der Waals surface area (Å²) in [6.45, 7) is -0.238. The highest BCUT2D eigenvalue weighted by molar-refractivity contribution is 8.00. The van der Waals surface area contributed by atoms with Crippen molar-refractivity contribution in [2.24, 2.45) is 7.05 Å². The maximum atomic E-state index is 13.0. The van der Waals surface area contributed by atoms with Crippen LogP contribution >= 0.6 is 11.8 Å². The van der Waals surface area contributed by atoms with E-state index in [1.54, 1.807) is 24.3 Å². The summed E-state index contributed by atoms with van der Waals surface area (Å²) in [6, 6.07) is 11.0. The number of tetrazole rings is 1. The van der Waals surface area contributed by atoms with Crippen LogP contribution in [-0.4, -0.2) is 32.4 Å². The van der Waals surface area contributed by atoms with Crippen LogP contribution in [0.15, 0.2) is 52.2 Å². The highest BCUT2D eigenvalue weighted by atomic mass is 32.2. The van der Waals surface area contributed by atoms with E-state index in [2.05, 4.69) is 10.4 Å². The van der Waals surface area contributed by atoms with Crippen molar-refractivity contribution in [1.29, 1.82) is 0 Å². The molecule has 0 fully saturated rings. The number of hydrogen-bond acceptors (Lipinski definition) is 6. The van der Waals surface area contributed by atoms with Gasteiger partial charge in [-0.05, 0) is 46.5 Å². The van der Waals surface area contributed by atoms with Crippen LogP contribution in [0.25, 0.3) is 5.69 Å². The summed E-state index contributed by atoms with van der Waals surface area (Å²) >= 11 is -0.288. The fourth-order valence-electron chi connectivity index (χ4n) is 2.47. The van der Waals surface area contributed by atoms with Crippen molar-refractivity contribution in [3.8, 4) is 17.2 Å². The van der Waals surface area contributed by atoms with Crippen LogP contribution in [0.5, 0.6) is 11.5 Å². The van der Waals surface area contributed by atoms with E-state index < -0.39 is 11.2 Å². The van der Waals surface area contributed by atoms with E-state index in [1.807, 2.05) is 0 Å². The van der Waals surface area contributed by atoms with Gasteiger partial charge in [0.05, 0.1) is 12.8 Å². The molecule has 0 spiro atoms. The average molecular weight is 412 g/mol. The van der Waals surface area contributed by atoms with Crippen LogP contribution in [0.2, 0.25) is 0 Å². The minimum atomic E-state index is -4.51. The van der Waals surface area contributed by atoms with Crippen LogP contribution in [0.1, 0.15) is 5.56 Å². The Morgan fingerprint density at radius 1 is 1.07 bits per heavy atom. The van der Waals surface area contributed by atoms with Gasteiger partial charge in [-0.3, -0.25) is 0 Å². The van der Waals surface area contributed by atoms with Gasteiger partial charge in [0.1, 0.15) is 6.61 Å². The number of benzene rings is 2. The molecule has 7 nitrogen and oxygen atoms in total. The number of aryl methyl sites for hydroxylation is 1. The molecule has 11 heteroatoms. The summed E-state index contributed by atoms with van der Waals surface area (Å²) in [5, 5.41) is 7.33. The van der Waals surface area contributed by atoms with Gasteiger partial charge >= 0.3 is 11.2 Å². The van der Waals surface area contributed by atoms with Gasteiger partial charge in [-0.2, -0.15) is 22.5 Å². The number of ether oxygens (including phenoxy) is 2. The van der Waals surface area contributed by atoms with Gasteiger partial charge in [0.2, 0.25) is 0 Å². The van der Waals surface area contributed by atoms with Crippen molar-refractivity contribution in [1.82, 2.24) is 19.8 Å². The van der Waals surface area contributed by atoms with E-state index in [0.717, 1.165) is 9.36 Å². The quantitative estimate of drug-likeness (QED) is 0.580. The van der Waals surface area contributed by atoms with Crippen molar-refractivity contribution in [2.45, 2.75) is 17.0 Å². The smallest absolute Gasteiger partial charge is 0.446 e. The number of halogens is 3. The number of nitrogens with zero attached hydrogens (tertiary/aromatic N) is 4. The number of alkyl halides is 3. The normalized spacial score (nSPS) is 11.5. The number of thioether (sulfide) groups is 1. The van der Waals surface area contributed by atoms with Crippen molar-refractivity contribution < 1.29 is 22.6 Å². The lowest BCUT2D eigenvalue weighted by Gasteiger charge is -2.16. The SMILES string of the molecule is COc1ccccc1OCc1c(SC(F)(F)F)cccc1-n1nnn(C)c1=O. The van der Waals surface area contributed by atoms with Crippen LogP contribution in [0, 0.1) is 0 Å². The first kappa shape index (κ1) is 19.8. The fraction of sp³-hybridized carbons (Fsp3) is 0.235. The van der Waals surface area contributed by atoms with Gasteiger partial charge in [-0.15, -0.1) is 0 Å². The molecule has 1 heterocycles. The molecule has 0 aliphatic carbocycles. The monoisotopic (exact) mass is 412 g/mol. The molecule has 1 aromatic heterocycles. The van der Waals surface area contributed by atoms with Crippen molar-refractivity contribution >= 4 is 11.8 Å². The van der Waals surface area contributed by atoms with E-state index in [4.69, 9.17) is 9.47 Å². The third-order valence-electron chi connectivity index (χ3n) is 3.72. The number of para-hydroxylation sites is 2. The first-order valence-electron chi connectivity index (χ1n) is 7.93. The number of methoxy groups -OCH3 is 1. The lowest BCUT2D eigenvalue weighted by molar-refractivity contribution is -0.0328. The minimum Gasteiger partial charge on any atom is -0.493 e. The lowest BCUT2D eigenvalue weighted by atomic mass is 10.2. The van der Waals surface area contributed by atoms with Crippen LogP contribution in [0.4, 0.5) is 13.2 Å². The Morgan fingerprint density at radius 2 is 1.79 bits per heavy atom. The molecule has 0 N–H and O–H groups in total. The van der Waals surface area contributed by atoms with E-state index >= 15 is 0 Å². The molecule has 0 saturated carbocycles. The third kappa shape index (κ3) is 4.30. The van der Waals surface area contributed by atoms with E-state index in [9.17, 15) is 18.0 Å².